The fraction of sp³-hybridized carbons (Fsp3) is 0.438. The smallest absolute Gasteiger partial charge is 0.290 e. The van der Waals surface area contributed by atoms with E-state index >= 15 is 0 Å². The molecule has 120 valence electrons. The van der Waals surface area contributed by atoms with Gasteiger partial charge in [0.2, 0.25) is 0 Å². The van der Waals surface area contributed by atoms with Gasteiger partial charge < -0.3 is 19.4 Å². The molecule has 0 unspecified atom stereocenters. The van der Waals surface area contributed by atoms with Crippen molar-refractivity contribution in [2.24, 2.45) is 0 Å². The Labute approximate surface area is 136 Å². The first-order chi connectivity index (χ1) is 10.2. The molecule has 22 heavy (non-hydrogen) atoms. The van der Waals surface area contributed by atoms with Crippen LogP contribution >= 0.6 is 12.4 Å². The zero-order valence-corrected chi connectivity index (χ0v) is 13.6. The quantitative estimate of drug-likeness (QED) is 0.942. The number of hydrogen-bond acceptors (Lipinski definition) is 4. The van der Waals surface area contributed by atoms with Crippen LogP contribution in [-0.4, -0.2) is 43.6 Å². The van der Waals surface area contributed by atoms with Crippen LogP contribution in [0.3, 0.4) is 0 Å². The van der Waals surface area contributed by atoms with Gasteiger partial charge in [-0.05, 0) is 13.0 Å². The molecular formula is C16H21ClN2O3. The van der Waals surface area contributed by atoms with Gasteiger partial charge in [0.15, 0.2) is 5.76 Å². The molecule has 1 saturated heterocycles. The Hall–Kier alpha value is -1.56. The first kappa shape index (κ1) is 16.8. The minimum Gasteiger partial charge on any atom is -0.451 e. The molecule has 0 saturated carbocycles. The summed E-state index contributed by atoms with van der Waals surface area (Å²) < 4.78 is 11.1. The highest BCUT2D eigenvalue weighted by Crippen LogP contribution is 2.28. The van der Waals surface area contributed by atoms with Gasteiger partial charge in [0.05, 0.1) is 6.61 Å². The summed E-state index contributed by atoms with van der Waals surface area (Å²) in [6.07, 6.45) is 0. The molecule has 3 rings (SSSR count). The first-order valence-electron chi connectivity index (χ1n) is 7.23. The highest BCUT2D eigenvalue weighted by atomic mass is 35.5. The van der Waals surface area contributed by atoms with Crippen LogP contribution in [0.1, 0.15) is 23.0 Å². The van der Waals surface area contributed by atoms with Crippen molar-refractivity contribution in [3.8, 4) is 0 Å². The number of benzene rings is 1. The largest absolute Gasteiger partial charge is 0.451 e. The number of carbonyl (C=O) groups excluding carboxylic acids is 1. The van der Waals surface area contributed by atoms with Gasteiger partial charge in [-0.3, -0.25) is 4.79 Å². The highest BCUT2D eigenvalue weighted by molar-refractivity contribution is 5.99. The second-order valence-electron chi connectivity index (χ2n) is 5.39. The third-order valence-electron chi connectivity index (χ3n) is 3.94. The SMILES string of the molecule is COCc1c(C(=O)N2CCNC[C@H]2C)oc2ccccc12.Cl. The van der Waals surface area contributed by atoms with E-state index in [4.69, 9.17) is 9.15 Å². The maximum absolute atomic E-state index is 12.8. The van der Waals surface area contributed by atoms with Crippen molar-refractivity contribution < 1.29 is 13.9 Å². The van der Waals surface area contributed by atoms with Crippen molar-refractivity contribution in [2.75, 3.05) is 26.7 Å². The number of furan rings is 1. The fourth-order valence-corrected chi connectivity index (χ4v) is 2.83. The van der Waals surface area contributed by atoms with E-state index in [1.165, 1.54) is 0 Å². The van der Waals surface area contributed by atoms with Gasteiger partial charge >= 0.3 is 0 Å². The molecule has 1 fully saturated rings. The third kappa shape index (κ3) is 2.97. The average molecular weight is 325 g/mol. The van der Waals surface area contributed by atoms with Crippen LogP contribution < -0.4 is 5.32 Å². The average Bonchev–Trinajstić information content (AvgIpc) is 2.87. The number of amides is 1. The lowest BCUT2D eigenvalue weighted by molar-refractivity contribution is 0.0619. The van der Waals surface area contributed by atoms with E-state index in [2.05, 4.69) is 5.32 Å². The second kappa shape index (κ2) is 7.13. The number of rotatable bonds is 3. The van der Waals surface area contributed by atoms with Crippen LogP contribution in [0.2, 0.25) is 0 Å². The van der Waals surface area contributed by atoms with Crippen LogP contribution in [0.5, 0.6) is 0 Å². The standard InChI is InChI=1S/C16H20N2O3.ClH/c1-11-9-17-7-8-18(11)16(19)15-13(10-20-2)12-5-3-4-6-14(12)21-15;/h3-6,11,17H,7-10H2,1-2H3;1H/t11-;/m1./s1. The molecule has 0 radical (unpaired) electrons. The van der Waals surface area contributed by atoms with Gasteiger partial charge in [-0.1, -0.05) is 18.2 Å². The summed E-state index contributed by atoms with van der Waals surface area (Å²) >= 11 is 0. The second-order valence-corrected chi connectivity index (χ2v) is 5.39. The number of halogens is 1. The van der Waals surface area contributed by atoms with Crippen LogP contribution in [0.25, 0.3) is 11.0 Å². The zero-order chi connectivity index (χ0) is 14.8. The van der Waals surface area contributed by atoms with Gasteiger partial charge in [0.1, 0.15) is 5.58 Å². The number of fused-ring (bicyclic) bond motifs is 1. The molecule has 0 bridgehead atoms. The molecule has 1 aliphatic heterocycles. The lowest BCUT2D eigenvalue weighted by Crippen LogP contribution is -2.52. The van der Waals surface area contributed by atoms with E-state index < -0.39 is 0 Å². The zero-order valence-electron chi connectivity index (χ0n) is 12.8. The minimum atomic E-state index is -0.0488. The number of para-hydroxylation sites is 1. The molecule has 0 spiro atoms. The predicted octanol–water partition coefficient (Wildman–Crippen LogP) is 2.43. The summed E-state index contributed by atoms with van der Waals surface area (Å²) in [4.78, 5) is 14.7. The predicted molar refractivity (Wildman–Crippen MR) is 87.5 cm³/mol. The van der Waals surface area contributed by atoms with Crippen molar-refractivity contribution in [1.29, 1.82) is 0 Å². The van der Waals surface area contributed by atoms with Crippen LogP contribution in [0, 0.1) is 0 Å². The van der Waals surface area contributed by atoms with Crippen LogP contribution in [-0.2, 0) is 11.3 Å². The molecule has 1 aromatic carbocycles. The van der Waals surface area contributed by atoms with Crippen molar-refractivity contribution >= 4 is 29.3 Å². The van der Waals surface area contributed by atoms with Crippen LogP contribution in [0.15, 0.2) is 28.7 Å². The first-order valence-corrected chi connectivity index (χ1v) is 7.23. The van der Waals surface area contributed by atoms with E-state index in [9.17, 15) is 4.79 Å². The minimum absolute atomic E-state index is 0. The van der Waals surface area contributed by atoms with Crippen molar-refractivity contribution in [3.63, 3.8) is 0 Å². The van der Waals surface area contributed by atoms with E-state index in [0.29, 0.717) is 18.9 Å². The van der Waals surface area contributed by atoms with Gasteiger partial charge in [-0.2, -0.15) is 0 Å². The van der Waals surface area contributed by atoms with E-state index in [1.807, 2.05) is 36.1 Å². The Balaban J connectivity index is 0.00000176. The molecular weight excluding hydrogens is 304 g/mol. The van der Waals surface area contributed by atoms with Crippen molar-refractivity contribution in [3.05, 3.63) is 35.6 Å². The summed E-state index contributed by atoms with van der Waals surface area (Å²) in [6, 6.07) is 7.86. The topological polar surface area (TPSA) is 54.7 Å². The number of hydrogen-bond donors (Lipinski definition) is 1. The van der Waals surface area contributed by atoms with Crippen LogP contribution in [0.4, 0.5) is 0 Å². The van der Waals surface area contributed by atoms with Gasteiger partial charge in [-0.25, -0.2) is 0 Å². The maximum Gasteiger partial charge on any atom is 0.290 e. The van der Waals surface area contributed by atoms with E-state index in [0.717, 1.165) is 29.6 Å². The van der Waals surface area contributed by atoms with Crippen molar-refractivity contribution in [2.45, 2.75) is 19.6 Å². The molecule has 1 atom stereocenters. The molecule has 1 aliphatic rings. The molecule has 5 nitrogen and oxygen atoms in total. The van der Waals surface area contributed by atoms with E-state index in [-0.39, 0.29) is 24.4 Å². The molecule has 1 aromatic heterocycles. The highest BCUT2D eigenvalue weighted by Gasteiger charge is 2.29. The lowest BCUT2D eigenvalue weighted by Gasteiger charge is -2.33. The monoisotopic (exact) mass is 324 g/mol. The Kier molecular flexibility index (Phi) is 5.45. The Bertz CT molecular complexity index is 656. The summed E-state index contributed by atoms with van der Waals surface area (Å²) in [6.45, 7) is 4.74. The number of ether oxygens (including phenoxy) is 1. The van der Waals surface area contributed by atoms with E-state index in [1.54, 1.807) is 7.11 Å². The maximum atomic E-state index is 12.8. The normalized spacial score (nSPS) is 18.3. The molecule has 1 N–H and O–H groups in total. The molecule has 6 heteroatoms. The van der Waals surface area contributed by atoms with Gasteiger partial charge in [0, 0.05) is 43.7 Å². The number of carbonyl (C=O) groups is 1. The number of nitrogens with one attached hydrogen (secondary N) is 1. The molecule has 1 amide bonds. The number of nitrogens with zero attached hydrogens (tertiary/aromatic N) is 1. The summed E-state index contributed by atoms with van der Waals surface area (Å²) in [5.41, 5.74) is 1.57. The number of methoxy groups -OCH3 is 1. The van der Waals surface area contributed by atoms with Gasteiger partial charge in [-0.15, -0.1) is 12.4 Å². The Morgan fingerprint density at radius 2 is 2.23 bits per heavy atom. The lowest BCUT2D eigenvalue weighted by atomic mass is 10.1. The van der Waals surface area contributed by atoms with Crippen molar-refractivity contribution in [1.82, 2.24) is 10.2 Å². The fourth-order valence-electron chi connectivity index (χ4n) is 2.83. The Morgan fingerprint density at radius 3 is 2.95 bits per heavy atom. The summed E-state index contributed by atoms with van der Waals surface area (Å²) in [5.74, 6) is 0.360. The molecule has 0 aliphatic carbocycles. The third-order valence-corrected chi connectivity index (χ3v) is 3.94. The Morgan fingerprint density at radius 1 is 1.45 bits per heavy atom. The number of piperazine rings is 1. The molecule has 2 heterocycles. The summed E-state index contributed by atoms with van der Waals surface area (Å²) in [7, 11) is 1.63. The summed E-state index contributed by atoms with van der Waals surface area (Å²) in [5, 5.41) is 4.24. The molecule has 2 aromatic rings. The van der Waals surface area contributed by atoms with Gasteiger partial charge in [0.25, 0.3) is 5.91 Å².